The highest BCUT2D eigenvalue weighted by Crippen LogP contribution is 2.09. The molecule has 0 atom stereocenters. The number of aromatic nitrogens is 2. The number of carbonyl (C=O) groups is 1. The fourth-order valence-corrected chi connectivity index (χ4v) is 2.34. The van der Waals surface area contributed by atoms with E-state index >= 15 is 0 Å². The molecule has 0 saturated carbocycles. The van der Waals surface area contributed by atoms with Crippen LogP contribution in [-0.4, -0.2) is 21.7 Å². The zero-order chi connectivity index (χ0) is 15.3. The van der Waals surface area contributed by atoms with Crippen LogP contribution in [0.15, 0.2) is 14.1 Å². The van der Waals surface area contributed by atoms with Crippen molar-refractivity contribution in [1.29, 1.82) is 0 Å². The maximum Gasteiger partial charge on any atom is 0.330 e. The molecule has 0 saturated heterocycles. The fourth-order valence-electron chi connectivity index (χ4n) is 1.86. The maximum absolute atomic E-state index is 12.0. The minimum atomic E-state index is -0.321. The molecule has 7 heteroatoms. The lowest BCUT2D eigenvalue weighted by molar-refractivity contribution is -0.141. The van der Waals surface area contributed by atoms with Crippen molar-refractivity contribution in [2.24, 2.45) is 7.05 Å². The van der Waals surface area contributed by atoms with Crippen molar-refractivity contribution in [2.75, 3.05) is 6.61 Å². The van der Waals surface area contributed by atoms with Crippen molar-refractivity contribution in [3.8, 4) is 0 Å². The van der Waals surface area contributed by atoms with Crippen molar-refractivity contribution in [3.63, 3.8) is 0 Å². The van der Waals surface area contributed by atoms with Gasteiger partial charge in [-0.2, -0.15) is 0 Å². The first-order chi connectivity index (χ1) is 9.36. The number of ether oxygens (including phenoxy) is 1. The topological polar surface area (TPSA) is 70.3 Å². The van der Waals surface area contributed by atoms with E-state index in [0.717, 1.165) is 23.8 Å². The lowest BCUT2D eigenvalue weighted by atomic mass is 10.2. The van der Waals surface area contributed by atoms with Crippen molar-refractivity contribution < 1.29 is 9.53 Å². The SMILES string of the molecule is CC(=O)OCCCCCn1c(C)c(Br)c(=O)n(C)c1=O. The molecule has 1 rings (SSSR count). The molecule has 112 valence electrons. The summed E-state index contributed by atoms with van der Waals surface area (Å²) >= 11 is 3.21. The molecule has 1 aromatic heterocycles. The summed E-state index contributed by atoms with van der Waals surface area (Å²) in [5.41, 5.74) is 0.00683. The van der Waals surface area contributed by atoms with Crippen LogP contribution in [0.1, 0.15) is 31.9 Å². The van der Waals surface area contributed by atoms with Gasteiger partial charge in [0.15, 0.2) is 0 Å². The van der Waals surface area contributed by atoms with Crippen LogP contribution in [0.2, 0.25) is 0 Å². The highest BCUT2D eigenvalue weighted by molar-refractivity contribution is 9.10. The van der Waals surface area contributed by atoms with Crippen LogP contribution < -0.4 is 11.2 Å². The summed E-state index contributed by atoms with van der Waals surface area (Å²) in [5.74, 6) is -0.279. The smallest absolute Gasteiger partial charge is 0.330 e. The summed E-state index contributed by atoms with van der Waals surface area (Å²) in [6, 6.07) is 0. The molecule has 0 bridgehead atoms. The third kappa shape index (κ3) is 4.06. The van der Waals surface area contributed by atoms with Gasteiger partial charge in [0.1, 0.15) is 4.47 Å². The molecule has 0 unspecified atom stereocenters. The van der Waals surface area contributed by atoms with Crippen molar-refractivity contribution in [1.82, 2.24) is 9.13 Å². The first-order valence-corrected chi connectivity index (χ1v) is 7.25. The van der Waals surface area contributed by atoms with Crippen molar-refractivity contribution >= 4 is 21.9 Å². The van der Waals surface area contributed by atoms with E-state index in [9.17, 15) is 14.4 Å². The minimum absolute atomic E-state index is 0.279. The second-order valence-corrected chi connectivity index (χ2v) is 5.39. The molecule has 0 fully saturated rings. The number of hydrogen-bond donors (Lipinski definition) is 0. The molecule has 20 heavy (non-hydrogen) atoms. The molecule has 6 nitrogen and oxygen atoms in total. The quantitative estimate of drug-likeness (QED) is 0.575. The van der Waals surface area contributed by atoms with Gasteiger partial charge >= 0.3 is 11.7 Å². The van der Waals surface area contributed by atoms with E-state index in [0.29, 0.717) is 23.3 Å². The number of nitrogens with zero attached hydrogens (tertiary/aromatic N) is 2. The summed E-state index contributed by atoms with van der Waals surface area (Å²) in [7, 11) is 1.46. The lowest BCUT2D eigenvalue weighted by Crippen LogP contribution is -2.39. The third-order valence-electron chi connectivity index (χ3n) is 3.06. The highest BCUT2D eigenvalue weighted by atomic mass is 79.9. The zero-order valence-corrected chi connectivity index (χ0v) is 13.5. The summed E-state index contributed by atoms with van der Waals surface area (Å²) in [6.45, 7) is 4.06. The van der Waals surface area contributed by atoms with E-state index in [1.807, 2.05) is 0 Å². The Morgan fingerprint density at radius 2 is 1.90 bits per heavy atom. The van der Waals surface area contributed by atoms with Crippen LogP contribution in [0, 0.1) is 6.92 Å². The average molecular weight is 347 g/mol. The number of halogens is 1. The van der Waals surface area contributed by atoms with Crippen LogP contribution in [0.4, 0.5) is 0 Å². The average Bonchev–Trinajstić information content (AvgIpc) is 2.41. The Hall–Kier alpha value is -1.37. The number of hydrogen-bond acceptors (Lipinski definition) is 4. The van der Waals surface area contributed by atoms with Crippen LogP contribution >= 0.6 is 15.9 Å². The fraction of sp³-hybridized carbons (Fsp3) is 0.615. The van der Waals surface area contributed by atoms with Crippen molar-refractivity contribution in [2.45, 2.75) is 39.7 Å². The predicted octanol–water partition coefficient (Wildman–Crippen LogP) is 1.35. The van der Waals surface area contributed by atoms with E-state index < -0.39 is 0 Å². The monoisotopic (exact) mass is 346 g/mol. The standard InChI is InChI=1S/C13H19BrN2O4/c1-9-11(14)12(18)15(3)13(19)16(9)7-5-4-6-8-20-10(2)17/h4-8H2,1-3H3. The van der Waals surface area contributed by atoms with Gasteiger partial charge in [-0.3, -0.25) is 18.7 Å². The number of carbonyl (C=O) groups excluding carboxylic acids is 1. The molecule has 0 aliphatic carbocycles. The Bertz CT molecular complexity index is 604. The van der Waals surface area contributed by atoms with Crippen molar-refractivity contribution in [3.05, 3.63) is 31.0 Å². The minimum Gasteiger partial charge on any atom is -0.466 e. The third-order valence-corrected chi connectivity index (χ3v) is 3.98. The number of esters is 1. The maximum atomic E-state index is 12.0. The molecular weight excluding hydrogens is 328 g/mol. The summed E-state index contributed by atoms with van der Waals surface area (Å²) < 4.78 is 7.93. The van der Waals surface area contributed by atoms with E-state index in [4.69, 9.17) is 4.74 Å². The summed E-state index contributed by atoms with van der Waals surface area (Å²) in [6.07, 6.45) is 2.40. The molecule has 0 aliphatic heterocycles. The van der Waals surface area contributed by atoms with Gasteiger partial charge in [0, 0.05) is 26.2 Å². The van der Waals surface area contributed by atoms with Crippen LogP contribution in [0.5, 0.6) is 0 Å². The van der Waals surface area contributed by atoms with Crippen LogP contribution in [0.3, 0.4) is 0 Å². The predicted molar refractivity (Wildman–Crippen MR) is 78.9 cm³/mol. The van der Waals surface area contributed by atoms with E-state index in [-0.39, 0.29) is 17.2 Å². The van der Waals surface area contributed by atoms with Gasteiger partial charge in [0.05, 0.1) is 6.61 Å². The molecule has 0 aliphatic rings. The molecule has 0 aromatic carbocycles. The molecule has 0 amide bonds. The van der Waals surface area contributed by atoms with Gasteiger partial charge in [-0.15, -0.1) is 0 Å². The zero-order valence-electron chi connectivity index (χ0n) is 11.9. The Morgan fingerprint density at radius 3 is 2.50 bits per heavy atom. The van der Waals surface area contributed by atoms with Gasteiger partial charge < -0.3 is 4.74 Å². The van der Waals surface area contributed by atoms with E-state index in [2.05, 4.69) is 15.9 Å². The van der Waals surface area contributed by atoms with E-state index in [1.165, 1.54) is 14.0 Å². The molecule has 0 spiro atoms. The van der Waals surface area contributed by atoms with Gasteiger partial charge in [-0.25, -0.2) is 4.79 Å². The second kappa shape index (κ2) is 7.42. The Balaban J connectivity index is 2.64. The van der Waals surface area contributed by atoms with Crippen LogP contribution in [-0.2, 0) is 23.1 Å². The first kappa shape index (κ1) is 16.7. The summed E-state index contributed by atoms with van der Waals surface area (Å²) in [5, 5.41) is 0. The number of rotatable bonds is 6. The molecule has 0 N–H and O–H groups in total. The molecule has 1 heterocycles. The van der Waals surface area contributed by atoms with Crippen LogP contribution in [0.25, 0.3) is 0 Å². The first-order valence-electron chi connectivity index (χ1n) is 6.45. The largest absolute Gasteiger partial charge is 0.466 e. The molecular formula is C13H19BrN2O4. The summed E-state index contributed by atoms with van der Waals surface area (Å²) in [4.78, 5) is 34.3. The van der Waals surface area contributed by atoms with E-state index in [1.54, 1.807) is 11.5 Å². The normalized spacial score (nSPS) is 10.6. The lowest BCUT2D eigenvalue weighted by Gasteiger charge is -2.12. The van der Waals surface area contributed by atoms with Gasteiger partial charge in [0.2, 0.25) is 0 Å². The number of unbranched alkanes of at least 4 members (excludes halogenated alkanes) is 2. The molecule has 0 radical (unpaired) electrons. The Morgan fingerprint density at radius 1 is 1.25 bits per heavy atom. The second-order valence-electron chi connectivity index (χ2n) is 4.60. The van der Waals surface area contributed by atoms with Gasteiger partial charge in [-0.1, -0.05) is 0 Å². The Labute approximate surface area is 125 Å². The van der Waals surface area contributed by atoms with Gasteiger partial charge in [-0.05, 0) is 42.1 Å². The Kier molecular flexibility index (Phi) is 6.19. The van der Waals surface area contributed by atoms with Gasteiger partial charge in [0.25, 0.3) is 5.56 Å². The molecule has 1 aromatic rings. The highest BCUT2D eigenvalue weighted by Gasteiger charge is 2.11.